The topological polar surface area (TPSA) is 15.3 Å². The van der Waals surface area contributed by atoms with E-state index >= 15 is 0 Å². The Hall–Kier alpha value is -0.380. The minimum atomic E-state index is 0.362. The largest absolute Gasteiger partial charge is 0.314 e. The molecule has 0 radical (unpaired) electrons. The molecule has 1 N–H and O–H groups in total. The van der Waals surface area contributed by atoms with Crippen molar-refractivity contribution in [3.8, 4) is 0 Å². The van der Waals surface area contributed by atoms with E-state index < -0.39 is 0 Å². The monoisotopic (exact) mass is 252 g/mol. The molecule has 0 aromatic carbocycles. The molecule has 0 aliphatic carbocycles. The molecule has 2 heterocycles. The van der Waals surface area contributed by atoms with E-state index in [9.17, 15) is 0 Å². The lowest BCUT2D eigenvalue weighted by Crippen LogP contribution is -2.49. The summed E-state index contributed by atoms with van der Waals surface area (Å²) in [6.45, 7) is 8.15. The van der Waals surface area contributed by atoms with Crippen molar-refractivity contribution in [3.63, 3.8) is 0 Å². The molecular formula is C14H24N2S. The van der Waals surface area contributed by atoms with Crippen molar-refractivity contribution >= 4 is 11.3 Å². The fourth-order valence-electron chi connectivity index (χ4n) is 2.37. The Balaban J connectivity index is 1.85. The second kappa shape index (κ2) is 5.51. The zero-order chi connectivity index (χ0) is 12.3. The molecule has 1 saturated heterocycles. The van der Waals surface area contributed by atoms with Gasteiger partial charge in [-0.3, -0.25) is 4.90 Å². The average Bonchev–Trinajstić information content (AvgIpc) is 2.80. The van der Waals surface area contributed by atoms with Gasteiger partial charge in [-0.2, -0.15) is 0 Å². The zero-order valence-electron chi connectivity index (χ0n) is 11.3. The zero-order valence-corrected chi connectivity index (χ0v) is 12.1. The van der Waals surface area contributed by atoms with Gasteiger partial charge in [0.05, 0.1) is 0 Å². The number of piperidine rings is 1. The minimum Gasteiger partial charge on any atom is -0.314 e. The highest BCUT2D eigenvalue weighted by Gasteiger charge is 2.28. The van der Waals surface area contributed by atoms with E-state index in [4.69, 9.17) is 0 Å². The third kappa shape index (κ3) is 3.30. The molecule has 0 unspecified atom stereocenters. The highest BCUT2D eigenvalue weighted by molar-refractivity contribution is 7.11. The third-order valence-electron chi connectivity index (χ3n) is 4.01. The van der Waals surface area contributed by atoms with Gasteiger partial charge in [-0.1, -0.05) is 6.92 Å². The third-order valence-corrected chi connectivity index (χ3v) is 5.22. The summed E-state index contributed by atoms with van der Waals surface area (Å²) in [5.41, 5.74) is 0.362. The van der Waals surface area contributed by atoms with E-state index in [0.29, 0.717) is 5.54 Å². The Labute approximate surface area is 109 Å². The molecule has 96 valence electrons. The summed E-state index contributed by atoms with van der Waals surface area (Å²) in [6.07, 6.45) is 3.69. The molecule has 17 heavy (non-hydrogen) atoms. The molecule has 1 aromatic heterocycles. The van der Waals surface area contributed by atoms with Gasteiger partial charge in [-0.05, 0) is 45.4 Å². The Morgan fingerprint density at radius 3 is 2.47 bits per heavy atom. The maximum atomic E-state index is 3.45. The fraction of sp³-hybridized carbons (Fsp3) is 0.714. The van der Waals surface area contributed by atoms with Gasteiger partial charge < -0.3 is 5.32 Å². The highest BCUT2D eigenvalue weighted by atomic mass is 32.1. The van der Waals surface area contributed by atoms with Crippen LogP contribution in [0, 0.1) is 0 Å². The molecule has 0 atom stereocenters. The number of hydrogen-bond donors (Lipinski definition) is 1. The summed E-state index contributed by atoms with van der Waals surface area (Å²) in [7, 11) is 2.09. The quantitative estimate of drug-likeness (QED) is 0.886. The number of rotatable bonds is 4. The van der Waals surface area contributed by atoms with Crippen LogP contribution in [0.25, 0.3) is 0 Å². The molecule has 0 amide bonds. The fourth-order valence-corrected chi connectivity index (χ4v) is 3.37. The Morgan fingerprint density at radius 1 is 1.29 bits per heavy atom. The number of nitrogens with one attached hydrogen (secondary N) is 1. The van der Waals surface area contributed by atoms with Gasteiger partial charge in [0, 0.05) is 34.9 Å². The minimum absolute atomic E-state index is 0.362. The number of aryl methyl sites for hydroxylation is 1. The number of hydrogen-bond acceptors (Lipinski definition) is 3. The molecule has 0 bridgehead atoms. The SMILES string of the molecule is CCc1ccc(CN2CCC(C)(NC)CC2)s1. The summed E-state index contributed by atoms with van der Waals surface area (Å²) >= 11 is 1.97. The molecule has 2 rings (SSSR count). The van der Waals surface area contributed by atoms with Crippen molar-refractivity contribution in [1.82, 2.24) is 10.2 Å². The lowest BCUT2D eigenvalue weighted by Gasteiger charge is -2.39. The molecule has 3 heteroatoms. The van der Waals surface area contributed by atoms with E-state index in [2.05, 4.69) is 43.2 Å². The first-order chi connectivity index (χ1) is 8.15. The van der Waals surface area contributed by atoms with Crippen molar-refractivity contribution in [3.05, 3.63) is 21.9 Å². The molecular weight excluding hydrogens is 228 g/mol. The second-order valence-corrected chi connectivity index (χ2v) is 6.56. The van der Waals surface area contributed by atoms with Crippen LogP contribution in [0.3, 0.4) is 0 Å². The van der Waals surface area contributed by atoms with Crippen LogP contribution < -0.4 is 5.32 Å². The Kier molecular flexibility index (Phi) is 4.23. The second-order valence-electron chi connectivity index (χ2n) is 5.31. The molecule has 1 aromatic rings. The summed E-state index contributed by atoms with van der Waals surface area (Å²) in [6, 6.07) is 4.58. The lowest BCUT2D eigenvalue weighted by molar-refractivity contribution is 0.147. The standard InChI is InChI=1S/C14H24N2S/c1-4-12-5-6-13(17-12)11-16-9-7-14(2,15-3)8-10-16/h5-6,15H,4,7-11H2,1-3H3. The maximum Gasteiger partial charge on any atom is 0.0328 e. The van der Waals surface area contributed by atoms with Crippen LogP contribution in [0.5, 0.6) is 0 Å². The Bertz CT molecular complexity index is 351. The first-order valence-electron chi connectivity index (χ1n) is 6.64. The van der Waals surface area contributed by atoms with E-state index in [0.717, 1.165) is 6.54 Å². The van der Waals surface area contributed by atoms with Gasteiger partial charge in [0.15, 0.2) is 0 Å². The summed E-state index contributed by atoms with van der Waals surface area (Å²) < 4.78 is 0. The summed E-state index contributed by atoms with van der Waals surface area (Å²) in [5.74, 6) is 0. The number of likely N-dealkylation sites (tertiary alicyclic amines) is 1. The van der Waals surface area contributed by atoms with Crippen LogP contribution in [0.4, 0.5) is 0 Å². The first kappa shape index (κ1) is 13.1. The van der Waals surface area contributed by atoms with Gasteiger partial charge in [0.2, 0.25) is 0 Å². The van der Waals surface area contributed by atoms with Crippen LogP contribution in [-0.4, -0.2) is 30.6 Å². The van der Waals surface area contributed by atoms with Gasteiger partial charge in [-0.15, -0.1) is 11.3 Å². The van der Waals surface area contributed by atoms with Crippen LogP contribution >= 0.6 is 11.3 Å². The van der Waals surface area contributed by atoms with Crippen LogP contribution in [0.15, 0.2) is 12.1 Å². The highest BCUT2D eigenvalue weighted by Crippen LogP contribution is 2.24. The molecule has 0 saturated carbocycles. The predicted octanol–water partition coefficient (Wildman–Crippen LogP) is 2.88. The molecule has 1 aliphatic rings. The van der Waals surface area contributed by atoms with Gasteiger partial charge in [0.1, 0.15) is 0 Å². The van der Waals surface area contributed by atoms with Crippen molar-refractivity contribution in [2.45, 2.75) is 45.2 Å². The Morgan fingerprint density at radius 2 is 1.94 bits per heavy atom. The van der Waals surface area contributed by atoms with Gasteiger partial charge in [0.25, 0.3) is 0 Å². The van der Waals surface area contributed by atoms with E-state index in [1.165, 1.54) is 42.1 Å². The van der Waals surface area contributed by atoms with Crippen LogP contribution in [-0.2, 0) is 13.0 Å². The average molecular weight is 252 g/mol. The predicted molar refractivity (Wildman–Crippen MR) is 75.7 cm³/mol. The molecule has 0 spiro atoms. The first-order valence-corrected chi connectivity index (χ1v) is 7.46. The van der Waals surface area contributed by atoms with Crippen LogP contribution in [0.1, 0.15) is 36.4 Å². The summed E-state index contributed by atoms with van der Waals surface area (Å²) in [4.78, 5) is 5.62. The molecule has 2 nitrogen and oxygen atoms in total. The van der Waals surface area contributed by atoms with Crippen LogP contribution in [0.2, 0.25) is 0 Å². The van der Waals surface area contributed by atoms with Crippen molar-refractivity contribution in [2.75, 3.05) is 20.1 Å². The van der Waals surface area contributed by atoms with E-state index in [-0.39, 0.29) is 0 Å². The smallest absolute Gasteiger partial charge is 0.0328 e. The van der Waals surface area contributed by atoms with Crippen molar-refractivity contribution in [1.29, 1.82) is 0 Å². The van der Waals surface area contributed by atoms with Gasteiger partial charge in [-0.25, -0.2) is 0 Å². The molecule has 1 fully saturated rings. The normalized spacial score (nSPS) is 20.6. The number of nitrogens with zero attached hydrogens (tertiary/aromatic N) is 1. The van der Waals surface area contributed by atoms with Crippen molar-refractivity contribution < 1.29 is 0 Å². The molecule has 1 aliphatic heterocycles. The summed E-state index contributed by atoms with van der Waals surface area (Å²) in [5, 5.41) is 3.45. The number of thiophene rings is 1. The maximum absolute atomic E-state index is 3.45. The lowest BCUT2D eigenvalue weighted by atomic mass is 9.90. The van der Waals surface area contributed by atoms with Crippen molar-refractivity contribution in [2.24, 2.45) is 0 Å². The van der Waals surface area contributed by atoms with Gasteiger partial charge >= 0.3 is 0 Å². The van der Waals surface area contributed by atoms with E-state index in [1.54, 1.807) is 0 Å². The van der Waals surface area contributed by atoms with E-state index in [1.807, 2.05) is 11.3 Å².